The molecule has 0 amide bonds. The van der Waals surface area contributed by atoms with Crippen LogP contribution in [-0.4, -0.2) is 12.6 Å². The Kier molecular flexibility index (Phi) is 4.47. The van der Waals surface area contributed by atoms with Gasteiger partial charge in [0.05, 0.1) is 6.61 Å². The summed E-state index contributed by atoms with van der Waals surface area (Å²) in [5.41, 5.74) is 0.630. The van der Waals surface area contributed by atoms with Crippen molar-refractivity contribution in [3.63, 3.8) is 0 Å². The Morgan fingerprint density at radius 2 is 1.58 bits per heavy atom. The highest BCUT2D eigenvalue weighted by molar-refractivity contribution is 6.03. The molecule has 1 atom stereocenters. The second-order valence-electron chi connectivity index (χ2n) is 6.00. The van der Waals surface area contributed by atoms with Crippen LogP contribution in [0.3, 0.4) is 0 Å². The molecule has 3 aromatic rings. The summed E-state index contributed by atoms with van der Waals surface area (Å²) in [4.78, 5) is 11.0. The molecule has 24 heavy (non-hydrogen) atoms. The van der Waals surface area contributed by atoms with Gasteiger partial charge in [-0.3, -0.25) is 4.79 Å². The Labute approximate surface area is 139 Å². The molecule has 0 aromatic heterocycles. The number of fused-ring (bicyclic) bond motifs is 2. The maximum absolute atomic E-state index is 14.5. The van der Waals surface area contributed by atoms with Gasteiger partial charge >= 0.3 is 5.97 Å². The first-order chi connectivity index (χ1) is 11.5. The van der Waals surface area contributed by atoms with Crippen LogP contribution in [0.2, 0.25) is 0 Å². The highest BCUT2D eigenvalue weighted by atomic mass is 19.1. The smallest absolute Gasteiger partial charge is 0.302 e. The minimum Gasteiger partial charge on any atom is -0.466 e. The summed E-state index contributed by atoms with van der Waals surface area (Å²) in [5, 5.41) is 2.35. The maximum Gasteiger partial charge on any atom is 0.302 e. The lowest BCUT2D eigenvalue weighted by molar-refractivity contribution is -0.141. The fraction of sp³-hybridized carbons (Fsp3) is 0.250. The first-order valence-electron chi connectivity index (χ1n) is 7.91. The Balaban J connectivity index is 2.22. The number of carbonyl (C=O) groups excluding carboxylic acids is 1. The van der Waals surface area contributed by atoms with Gasteiger partial charge in [0.1, 0.15) is 11.6 Å². The van der Waals surface area contributed by atoms with E-state index in [1.807, 2.05) is 19.1 Å². The SMILES string of the molecule is CC(=O)OCC[C@@H](C)c1c2c(F)cccc2cc2cccc(F)c12. The van der Waals surface area contributed by atoms with Crippen LogP contribution < -0.4 is 0 Å². The van der Waals surface area contributed by atoms with E-state index in [4.69, 9.17) is 4.74 Å². The monoisotopic (exact) mass is 328 g/mol. The van der Waals surface area contributed by atoms with Crippen LogP contribution in [0, 0.1) is 11.6 Å². The highest BCUT2D eigenvalue weighted by Gasteiger charge is 2.19. The number of hydrogen-bond acceptors (Lipinski definition) is 2. The van der Waals surface area contributed by atoms with Gasteiger partial charge in [0.2, 0.25) is 0 Å². The van der Waals surface area contributed by atoms with Gasteiger partial charge < -0.3 is 4.74 Å². The average molecular weight is 328 g/mol. The maximum atomic E-state index is 14.5. The number of hydrogen-bond donors (Lipinski definition) is 0. The van der Waals surface area contributed by atoms with Crippen LogP contribution in [0.25, 0.3) is 21.5 Å². The molecule has 124 valence electrons. The van der Waals surface area contributed by atoms with Gasteiger partial charge in [-0.25, -0.2) is 8.78 Å². The van der Waals surface area contributed by atoms with Gasteiger partial charge in [0.15, 0.2) is 0 Å². The number of rotatable bonds is 4. The minimum atomic E-state index is -0.369. The Bertz CT molecular complexity index is 858. The zero-order valence-corrected chi connectivity index (χ0v) is 13.6. The molecule has 0 fully saturated rings. The molecule has 4 heteroatoms. The summed E-state index contributed by atoms with van der Waals surface area (Å²) in [5.74, 6) is -1.26. The zero-order chi connectivity index (χ0) is 17.3. The zero-order valence-electron chi connectivity index (χ0n) is 13.6. The van der Waals surface area contributed by atoms with E-state index in [-0.39, 0.29) is 30.1 Å². The summed E-state index contributed by atoms with van der Waals surface area (Å²) in [7, 11) is 0. The molecular weight excluding hydrogens is 310 g/mol. The van der Waals surface area contributed by atoms with Gasteiger partial charge in [-0.15, -0.1) is 0 Å². The van der Waals surface area contributed by atoms with Crippen LogP contribution in [-0.2, 0) is 9.53 Å². The van der Waals surface area contributed by atoms with Crippen molar-refractivity contribution in [3.05, 3.63) is 59.7 Å². The largest absolute Gasteiger partial charge is 0.466 e. The molecule has 0 saturated carbocycles. The molecule has 0 heterocycles. The Morgan fingerprint density at radius 1 is 1.04 bits per heavy atom. The van der Waals surface area contributed by atoms with Crippen molar-refractivity contribution in [1.29, 1.82) is 0 Å². The van der Waals surface area contributed by atoms with Crippen molar-refractivity contribution in [2.45, 2.75) is 26.2 Å². The fourth-order valence-corrected chi connectivity index (χ4v) is 3.20. The topological polar surface area (TPSA) is 26.3 Å². The van der Waals surface area contributed by atoms with E-state index < -0.39 is 0 Å². The molecule has 0 aliphatic carbocycles. The van der Waals surface area contributed by atoms with Crippen molar-refractivity contribution in [2.24, 2.45) is 0 Å². The van der Waals surface area contributed by atoms with Crippen LogP contribution in [0.1, 0.15) is 31.7 Å². The lowest BCUT2D eigenvalue weighted by Gasteiger charge is -2.19. The van der Waals surface area contributed by atoms with Crippen molar-refractivity contribution in [1.82, 2.24) is 0 Å². The van der Waals surface area contributed by atoms with Gasteiger partial charge in [-0.2, -0.15) is 0 Å². The second kappa shape index (κ2) is 6.56. The summed E-state index contributed by atoms with van der Waals surface area (Å²) >= 11 is 0. The lowest BCUT2D eigenvalue weighted by Crippen LogP contribution is -2.06. The van der Waals surface area contributed by atoms with Gasteiger partial charge in [-0.1, -0.05) is 31.2 Å². The summed E-state index contributed by atoms with van der Waals surface area (Å²) in [6.45, 7) is 3.46. The lowest BCUT2D eigenvalue weighted by atomic mass is 9.87. The molecule has 0 aliphatic heterocycles. The molecule has 0 N–H and O–H groups in total. The third-order valence-electron chi connectivity index (χ3n) is 4.29. The van der Waals surface area contributed by atoms with Crippen molar-refractivity contribution in [3.8, 4) is 0 Å². The number of ether oxygens (including phenoxy) is 1. The average Bonchev–Trinajstić information content (AvgIpc) is 2.53. The van der Waals surface area contributed by atoms with Crippen molar-refractivity contribution < 1.29 is 18.3 Å². The molecule has 3 aromatic carbocycles. The second-order valence-corrected chi connectivity index (χ2v) is 6.00. The van der Waals surface area contributed by atoms with E-state index >= 15 is 0 Å². The van der Waals surface area contributed by atoms with E-state index in [1.165, 1.54) is 19.1 Å². The quantitative estimate of drug-likeness (QED) is 0.478. The van der Waals surface area contributed by atoms with Gasteiger partial charge in [-0.05, 0) is 46.9 Å². The van der Waals surface area contributed by atoms with E-state index in [1.54, 1.807) is 18.2 Å². The summed E-state index contributed by atoms with van der Waals surface area (Å²) in [6.07, 6.45) is 0.496. The predicted octanol–water partition coefficient (Wildman–Crippen LogP) is 5.33. The van der Waals surface area contributed by atoms with Gasteiger partial charge in [0.25, 0.3) is 0 Å². The summed E-state index contributed by atoms with van der Waals surface area (Å²) < 4.78 is 34.0. The molecule has 3 rings (SSSR count). The van der Waals surface area contributed by atoms with Crippen LogP contribution in [0.5, 0.6) is 0 Å². The van der Waals surface area contributed by atoms with Crippen LogP contribution >= 0.6 is 0 Å². The molecule has 2 nitrogen and oxygen atoms in total. The van der Waals surface area contributed by atoms with Crippen LogP contribution in [0.4, 0.5) is 8.78 Å². The third kappa shape index (κ3) is 2.96. The Morgan fingerprint density at radius 3 is 2.08 bits per heavy atom. The normalized spacial score (nSPS) is 12.5. The molecule has 0 radical (unpaired) electrons. The number of esters is 1. The highest BCUT2D eigenvalue weighted by Crippen LogP contribution is 2.37. The third-order valence-corrected chi connectivity index (χ3v) is 4.29. The first-order valence-corrected chi connectivity index (χ1v) is 7.91. The molecule has 0 saturated heterocycles. The van der Waals surface area contributed by atoms with E-state index in [9.17, 15) is 13.6 Å². The molecule has 0 bridgehead atoms. The predicted molar refractivity (Wildman–Crippen MR) is 91.0 cm³/mol. The number of benzene rings is 3. The summed E-state index contributed by atoms with van der Waals surface area (Å²) in [6, 6.07) is 11.5. The number of halogens is 2. The Hall–Kier alpha value is -2.49. The molecule has 0 unspecified atom stereocenters. The molecule has 0 spiro atoms. The standard InChI is InChI=1S/C20H18F2O2/c1-12(9-10-24-13(2)23)18-19-14(5-3-7-16(19)21)11-15-6-4-8-17(22)20(15)18/h3-8,11-12H,9-10H2,1-2H3/t12-/m1/s1. The van der Waals surface area contributed by atoms with E-state index in [2.05, 4.69) is 0 Å². The molecule has 0 aliphatic rings. The van der Waals surface area contributed by atoms with E-state index in [0.717, 1.165) is 10.8 Å². The fourth-order valence-electron chi connectivity index (χ4n) is 3.20. The van der Waals surface area contributed by atoms with Gasteiger partial charge in [0, 0.05) is 17.7 Å². The number of carbonyl (C=O) groups is 1. The van der Waals surface area contributed by atoms with Crippen molar-refractivity contribution >= 4 is 27.5 Å². The van der Waals surface area contributed by atoms with Crippen LogP contribution in [0.15, 0.2) is 42.5 Å². The first kappa shape index (κ1) is 16.4. The molecular formula is C20H18F2O2. The minimum absolute atomic E-state index is 0.163. The van der Waals surface area contributed by atoms with Crippen molar-refractivity contribution in [2.75, 3.05) is 6.61 Å². The van der Waals surface area contributed by atoms with E-state index in [0.29, 0.717) is 22.8 Å².